The molecule has 0 radical (unpaired) electrons. The summed E-state index contributed by atoms with van der Waals surface area (Å²) < 4.78 is 1.20. The van der Waals surface area contributed by atoms with Crippen LogP contribution in [0.1, 0.15) is 12.8 Å². The zero-order chi connectivity index (χ0) is 14.4. The zero-order valence-corrected chi connectivity index (χ0v) is 11.3. The molecule has 1 saturated carbocycles. The molecule has 1 aromatic carbocycles. The Bertz CT molecular complexity index is 905. The summed E-state index contributed by atoms with van der Waals surface area (Å²) in [6.45, 7) is -0.0410. The zero-order valence-electron chi connectivity index (χ0n) is 11.3. The molecule has 2 heterocycles. The maximum absolute atomic E-state index is 12.4. The third-order valence-corrected chi connectivity index (χ3v) is 3.76. The van der Waals surface area contributed by atoms with E-state index < -0.39 is 0 Å². The maximum Gasteiger partial charge on any atom is 0.291 e. The molecule has 0 spiro atoms. The average molecular weight is 282 g/mol. The molecule has 1 fully saturated rings. The van der Waals surface area contributed by atoms with E-state index in [1.54, 1.807) is 6.20 Å². The predicted octanol–water partition coefficient (Wildman–Crippen LogP) is 1.16. The second kappa shape index (κ2) is 4.44. The van der Waals surface area contributed by atoms with Crippen molar-refractivity contribution < 1.29 is 4.79 Å². The van der Waals surface area contributed by atoms with Crippen LogP contribution in [0.4, 0.5) is 0 Å². The number of rotatable bonds is 3. The van der Waals surface area contributed by atoms with E-state index in [2.05, 4.69) is 15.4 Å². The average Bonchev–Trinajstić information content (AvgIpc) is 3.20. The lowest BCUT2D eigenvalue weighted by molar-refractivity contribution is -0.122. The topological polar surface area (TPSA) is 79.8 Å². The first-order chi connectivity index (χ1) is 10.2. The second-order valence-electron chi connectivity index (χ2n) is 5.41. The Morgan fingerprint density at radius 1 is 1.33 bits per heavy atom. The smallest absolute Gasteiger partial charge is 0.291 e. The molecule has 0 aliphatic heterocycles. The molecule has 4 rings (SSSR count). The van der Waals surface area contributed by atoms with Gasteiger partial charge in [0.1, 0.15) is 12.1 Å². The van der Waals surface area contributed by atoms with Gasteiger partial charge >= 0.3 is 0 Å². The first-order valence-electron chi connectivity index (χ1n) is 6.98. The summed E-state index contributed by atoms with van der Waals surface area (Å²) in [7, 11) is 0. The number of aromatic amines is 1. The van der Waals surface area contributed by atoms with Gasteiger partial charge in [0.05, 0.1) is 6.20 Å². The number of para-hydroxylation sites is 1. The molecule has 0 saturated heterocycles. The molecule has 1 amide bonds. The fraction of sp³-hybridized carbons (Fsp3) is 0.267. The van der Waals surface area contributed by atoms with Gasteiger partial charge in [0.2, 0.25) is 5.91 Å². The molecule has 2 N–H and O–H groups in total. The number of carbonyl (C=O) groups is 1. The lowest BCUT2D eigenvalue weighted by atomic mass is 10.2. The largest absolute Gasteiger partial charge is 0.352 e. The molecule has 0 atom stereocenters. The number of fused-ring (bicyclic) bond motifs is 3. The molecule has 1 aliphatic rings. The van der Waals surface area contributed by atoms with E-state index in [1.807, 2.05) is 24.3 Å². The summed E-state index contributed by atoms with van der Waals surface area (Å²) in [6, 6.07) is 7.97. The Hall–Kier alpha value is -2.63. The Labute approximate surface area is 119 Å². The van der Waals surface area contributed by atoms with Crippen LogP contribution in [0.25, 0.3) is 21.8 Å². The number of nitrogens with zero attached hydrogens (tertiary/aromatic N) is 2. The molecule has 6 nitrogen and oxygen atoms in total. The molecule has 0 bridgehead atoms. The van der Waals surface area contributed by atoms with Crippen molar-refractivity contribution in [3.05, 3.63) is 40.8 Å². The third kappa shape index (κ3) is 2.08. The predicted molar refractivity (Wildman–Crippen MR) is 79.0 cm³/mol. The van der Waals surface area contributed by atoms with Crippen LogP contribution in [0, 0.1) is 0 Å². The first-order valence-corrected chi connectivity index (χ1v) is 6.98. The molecular formula is C15H14N4O2. The number of carbonyl (C=O) groups excluding carboxylic acids is 1. The van der Waals surface area contributed by atoms with Crippen molar-refractivity contribution in [3.63, 3.8) is 0 Å². The van der Waals surface area contributed by atoms with Crippen LogP contribution in [0.5, 0.6) is 0 Å². The van der Waals surface area contributed by atoms with E-state index in [0.717, 1.165) is 29.1 Å². The SMILES string of the molecule is O=C(Cn1ncc2c([nH]c3ccccc32)c1=O)NC1CC1. The van der Waals surface area contributed by atoms with Gasteiger partial charge in [-0.2, -0.15) is 5.10 Å². The fourth-order valence-corrected chi connectivity index (χ4v) is 2.52. The van der Waals surface area contributed by atoms with Gasteiger partial charge in [0.15, 0.2) is 0 Å². The van der Waals surface area contributed by atoms with Crippen molar-refractivity contribution in [1.82, 2.24) is 20.1 Å². The van der Waals surface area contributed by atoms with Gasteiger partial charge in [-0.15, -0.1) is 0 Å². The number of nitrogens with one attached hydrogen (secondary N) is 2. The molecule has 6 heteroatoms. The highest BCUT2D eigenvalue weighted by molar-refractivity contribution is 6.06. The molecular weight excluding hydrogens is 268 g/mol. The molecule has 106 valence electrons. The van der Waals surface area contributed by atoms with E-state index in [0.29, 0.717) is 5.52 Å². The summed E-state index contributed by atoms with van der Waals surface area (Å²) >= 11 is 0. The molecule has 21 heavy (non-hydrogen) atoms. The summed E-state index contributed by atoms with van der Waals surface area (Å²) in [5, 5.41) is 8.73. The normalized spacial score (nSPS) is 14.7. The molecule has 1 aliphatic carbocycles. The van der Waals surface area contributed by atoms with Gasteiger partial charge in [-0.25, -0.2) is 4.68 Å². The van der Waals surface area contributed by atoms with Gasteiger partial charge in [-0.1, -0.05) is 18.2 Å². The molecule has 3 aromatic rings. The van der Waals surface area contributed by atoms with Crippen LogP contribution in [0.3, 0.4) is 0 Å². The minimum absolute atomic E-state index is 0.0410. The van der Waals surface area contributed by atoms with Crippen LogP contribution in [0.2, 0.25) is 0 Å². The summed E-state index contributed by atoms with van der Waals surface area (Å²) in [5.74, 6) is -0.164. The van der Waals surface area contributed by atoms with Crippen LogP contribution in [-0.2, 0) is 11.3 Å². The number of amides is 1. The van der Waals surface area contributed by atoms with E-state index in [4.69, 9.17) is 0 Å². The highest BCUT2D eigenvalue weighted by atomic mass is 16.2. The minimum Gasteiger partial charge on any atom is -0.352 e. The number of hydrogen-bond acceptors (Lipinski definition) is 3. The summed E-state index contributed by atoms with van der Waals surface area (Å²) in [6.07, 6.45) is 3.68. The van der Waals surface area contributed by atoms with E-state index in [1.165, 1.54) is 4.68 Å². The fourth-order valence-electron chi connectivity index (χ4n) is 2.52. The standard InChI is InChI=1S/C15H14N4O2/c20-13(17-9-5-6-9)8-19-15(21)14-11(7-16-19)10-3-1-2-4-12(10)18-14/h1-4,7,9,18H,5-6,8H2,(H,17,20). The van der Waals surface area contributed by atoms with Crippen LogP contribution < -0.4 is 10.9 Å². The van der Waals surface area contributed by atoms with Gasteiger partial charge < -0.3 is 10.3 Å². The van der Waals surface area contributed by atoms with Crippen LogP contribution in [0.15, 0.2) is 35.3 Å². The van der Waals surface area contributed by atoms with Gasteiger partial charge in [0.25, 0.3) is 5.56 Å². The quantitative estimate of drug-likeness (QED) is 0.756. The maximum atomic E-state index is 12.4. The number of hydrogen-bond donors (Lipinski definition) is 2. The summed E-state index contributed by atoms with van der Waals surface area (Å²) in [4.78, 5) is 27.3. The highest BCUT2D eigenvalue weighted by Gasteiger charge is 2.23. The first kappa shape index (κ1) is 12.1. The van der Waals surface area contributed by atoms with Crippen molar-refractivity contribution in [2.24, 2.45) is 0 Å². The lowest BCUT2D eigenvalue weighted by Crippen LogP contribution is -2.34. The lowest BCUT2D eigenvalue weighted by Gasteiger charge is -2.05. The third-order valence-electron chi connectivity index (χ3n) is 3.76. The van der Waals surface area contributed by atoms with Crippen molar-refractivity contribution in [1.29, 1.82) is 0 Å². The van der Waals surface area contributed by atoms with E-state index >= 15 is 0 Å². The van der Waals surface area contributed by atoms with Crippen molar-refractivity contribution in [2.75, 3.05) is 0 Å². The van der Waals surface area contributed by atoms with Crippen LogP contribution in [-0.4, -0.2) is 26.7 Å². The number of aromatic nitrogens is 3. The molecule has 2 aromatic heterocycles. The Morgan fingerprint density at radius 2 is 2.14 bits per heavy atom. The van der Waals surface area contributed by atoms with Crippen molar-refractivity contribution in [3.8, 4) is 0 Å². The van der Waals surface area contributed by atoms with Gasteiger partial charge in [-0.3, -0.25) is 9.59 Å². The van der Waals surface area contributed by atoms with Crippen molar-refractivity contribution >= 4 is 27.7 Å². The number of H-pyrrole nitrogens is 1. The Kier molecular flexibility index (Phi) is 2.57. The van der Waals surface area contributed by atoms with Gasteiger partial charge in [-0.05, 0) is 18.9 Å². The second-order valence-corrected chi connectivity index (χ2v) is 5.41. The van der Waals surface area contributed by atoms with Gasteiger partial charge in [0, 0.05) is 22.3 Å². The summed E-state index contributed by atoms with van der Waals surface area (Å²) in [5.41, 5.74) is 1.12. The van der Waals surface area contributed by atoms with E-state index in [9.17, 15) is 9.59 Å². The monoisotopic (exact) mass is 282 g/mol. The van der Waals surface area contributed by atoms with E-state index in [-0.39, 0.29) is 24.1 Å². The van der Waals surface area contributed by atoms with Crippen molar-refractivity contribution in [2.45, 2.75) is 25.4 Å². The number of benzene rings is 1. The minimum atomic E-state index is -0.269. The highest BCUT2D eigenvalue weighted by Crippen LogP contribution is 2.21. The van der Waals surface area contributed by atoms with Crippen LogP contribution >= 0.6 is 0 Å². The molecule has 0 unspecified atom stereocenters. The Balaban J connectivity index is 1.76. The Morgan fingerprint density at radius 3 is 2.95 bits per heavy atom.